The molecule has 1 unspecified atom stereocenters. The number of rotatable bonds is 3. The highest BCUT2D eigenvalue weighted by molar-refractivity contribution is 6.31. The number of fused-ring (bicyclic) bond motifs is 1. The highest BCUT2D eigenvalue weighted by Crippen LogP contribution is 2.25. The number of benzene rings is 2. The summed E-state index contributed by atoms with van der Waals surface area (Å²) in [5.41, 5.74) is 3.32. The summed E-state index contributed by atoms with van der Waals surface area (Å²) in [6.45, 7) is 3.64. The first-order chi connectivity index (χ1) is 9.65. The SMILES string of the molecule is CC(C(=O)c1cccc(Cl)c1)N1Cc2ccccc2C1. The van der Waals surface area contributed by atoms with Crippen molar-refractivity contribution in [1.29, 1.82) is 0 Å². The van der Waals surface area contributed by atoms with Gasteiger partial charge in [0.25, 0.3) is 0 Å². The van der Waals surface area contributed by atoms with Crippen LogP contribution in [0.25, 0.3) is 0 Å². The third-order valence-electron chi connectivity index (χ3n) is 3.90. The van der Waals surface area contributed by atoms with E-state index in [1.165, 1.54) is 11.1 Å². The van der Waals surface area contributed by atoms with Crippen molar-refractivity contribution in [3.05, 3.63) is 70.2 Å². The predicted molar refractivity (Wildman–Crippen MR) is 80.9 cm³/mol. The van der Waals surface area contributed by atoms with Crippen molar-refractivity contribution in [2.75, 3.05) is 0 Å². The third kappa shape index (κ3) is 2.49. The number of nitrogens with zero attached hydrogens (tertiary/aromatic N) is 1. The van der Waals surface area contributed by atoms with Crippen molar-refractivity contribution < 1.29 is 4.79 Å². The number of carbonyl (C=O) groups excluding carboxylic acids is 1. The van der Waals surface area contributed by atoms with Crippen LogP contribution in [-0.4, -0.2) is 16.7 Å². The molecular formula is C17H16ClNO. The Bertz CT molecular complexity index is 628. The number of halogens is 1. The molecule has 1 atom stereocenters. The van der Waals surface area contributed by atoms with Crippen LogP contribution in [0.5, 0.6) is 0 Å². The highest BCUT2D eigenvalue weighted by atomic mass is 35.5. The van der Waals surface area contributed by atoms with Crippen molar-refractivity contribution in [2.45, 2.75) is 26.1 Å². The van der Waals surface area contributed by atoms with Crippen molar-refractivity contribution in [3.8, 4) is 0 Å². The number of hydrogen-bond donors (Lipinski definition) is 0. The highest BCUT2D eigenvalue weighted by Gasteiger charge is 2.27. The van der Waals surface area contributed by atoms with Gasteiger partial charge >= 0.3 is 0 Å². The van der Waals surface area contributed by atoms with Crippen LogP contribution >= 0.6 is 11.6 Å². The standard InChI is InChI=1S/C17H16ClNO/c1-12(17(20)13-7-4-8-16(18)9-13)19-10-14-5-2-3-6-15(14)11-19/h2-9,12H,10-11H2,1H3. The summed E-state index contributed by atoms with van der Waals surface area (Å²) in [5, 5.41) is 0.604. The lowest BCUT2D eigenvalue weighted by atomic mass is 10.0. The monoisotopic (exact) mass is 285 g/mol. The zero-order chi connectivity index (χ0) is 14.1. The molecule has 0 N–H and O–H groups in total. The molecule has 0 aliphatic carbocycles. The molecule has 2 aromatic rings. The summed E-state index contributed by atoms with van der Waals surface area (Å²) in [7, 11) is 0. The molecule has 0 fully saturated rings. The fourth-order valence-corrected chi connectivity index (χ4v) is 2.87. The fraction of sp³-hybridized carbons (Fsp3) is 0.235. The van der Waals surface area contributed by atoms with E-state index in [1.807, 2.05) is 31.2 Å². The first kappa shape index (κ1) is 13.3. The van der Waals surface area contributed by atoms with Crippen LogP contribution in [0, 0.1) is 0 Å². The molecule has 0 saturated carbocycles. The number of carbonyl (C=O) groups is 1. The minimum absolute atomic E-state index is 0.125. The lowest BCUT2D eigenvalue weighted by Crippen LogP contribution is -2.35. The van der Waals surface area contributed by atoms with Gasteiger partial charge in [0.2, 0.25) is 0 Å². The zero-order valence-corrected chi connectivity index (χ0v) is 12.1. The maximum Gasteiger partial charge on any atom is 0.179 e. The minimum atomic E-state index is -0.138. The Kier molecular flexibility index (Phi) is 3.60. The van der Waals surface area contributed by atoms with Gasteiger partial charge in [-0.15, -0.1) is 0 Å². The number of hydrogen-bond acceptors (Lipinski definition) is 2. The molecule has 2 nitrogen and oxygen atoms in total. The Morgan fingerprint density at radius 1 is 1.10 bits per heavy atom. The summed E-state index contributed by atoms with van der Waals surface area (Å²) in [6.07, 6.45) is 0. The molecule has 0 amide bonds. The summed E-state index contributed by atoms with van der Waals surface area (Å²) in [4.78, 5) is 14.7. The second-order valence-corrected chi connectivity index (χ2v) is 5.66. The van der Waals surface area contributed by atoms with Crippen molar-refractivity contribution >= 4 is 17.4 Å². The Morgan fingerprint density at radius 3 is 2.35 bits per heavy atom. The summed E-state index contributed by atoms with van der Waals surface area (Å²) >= 11 is 5.96. The smallest absolute Gasteiger partial charge is 0.179 e. The second-order valence-electron chi connectivity index (χ2n) is 5.22. The lowest BCUT2D eigenvalue weighted by molar-refractivity contribution is 0.0835. The maximum absolute atomic E-state index is 12.5. The minimum Gasteiger partial charge on any atom is -0.292 e. The molecule has 102 valence electrons. The van der Waals surface area contributed by atoms with E-state index in [2.05, 4.69) is 17.0 Å². The van der Waals surface area contributed by atoms with Crippen LogP contribution in [0.4, 0.5) is 0 Å². The number of Topliss-reactive ketones (excluding diaryl/α,β-unsaturated/α-hetero) is 1. The van der Waals surface area contributed by atoms with E-state index in [9.17, 15) is 4.79 Å². The van der Waals surface area contributed by atoms with Gasteiger partial charge in [0.15, 0.2) is 5.78 Å². The Labute approximate surface area is 124 Å². The van der Waals surface area contributed by atoms with E-state index < -0.39 is 0 Å². The van der Waals surface area contributed by atoms with Crippen LogP contribution in [-0.2, 0) is 13.1 Å². The van der Waals surface area contributed by atoms with Gasteiger partial charge < -0.3 is 0 Å². The van der Waals surface area contributed by atoms with Gasteiger partial charge in [0.05, 0.1) is 6.04 Å². The Hall–Kier alpha value is -1.64. The van der Waals surface area contributed by atoms with Crippen molar-refractivity contribution in [1.82, 2.24) is 4.90 Å². The van der Waals surface area contributed by atoms with Gasteiger partial charge in [0.1, 0.15) is 0 Å². The van der Waals surface area contributed by atoms with Gasteiger partial charge in [-0.25, -0.2) is 0 Å². The second kappa shape index (κ2) is 5.39. The van der Waals surface area contributed by atoms with Gasteiger partial charge in [-0.1, -0.05) is 48.0 Å². The molecule has 1 aliphatic heterocycles. The van der Waals surface area contributed by atoms with Gasteiger partial charge in [-0.2, -0.15) is 0 Å². The molecule has 1 heterocycles. The molecule has 3 heteroatoms. The van der Waals surface area contributed by atoms with Gasteiger partial charge in [-0.05, 0) is 30.2 Å². The molecule has 0 spiro atoms. The van der Waals surface area contributed by atoms with Crippen LogP contribution in [0.2, 0.25) is 5.02 Å². The lowest BCUT2D eigenvalue weighted by Gasteiger charge is -2.22. The van der Waals surface area contributed by atoms with Crippen LogP contribution in [0.15, 0.2) is 48.5 Å². The molecule has 0 radical (unpaired) electrons. The van der Waals surface area contributed by atoms with Crippen LogP contribution < -0.4 is 0 Å². The van der Waals surface area contributed by atoms with E-state index in [0.29, 0.717) is 10.6 Å². The molecule has 0 aromatic heterocycles. The topological polar surface area (TPSA) is 20.3 Å². The normalized spacial score (nSPS) is 15.9. The van der Waals surface area contributed by atoms with Crippen LogP contribution in [0.3, 0.4) is 0 Å². The average Bonchev–Trinajstić information content (AvgIpc) is 2.89. The quantitative estimate of drug-likeness (QED) is 0.797. The molecule has 0 bridgehead atoms. The first-order valence-electron chi connectivity index (χ1n) is 6.76. The van der Waals surface area contributed by atoms with E-state index in [1.54, 1.807) is 12.1 Å². The Balaban J connectivity index is 1.78. The number of ketones is 1. The molecule has 0 saturated heterocycles. The largest absolute Gasteiger partial charge is 0.292 e. The first-order valence-corrected chi connectivity index (χ1v) is 7.13. The van der Waals surface area contributed by atoms with Crippen molar-refractivity contribution in [3.63, 3.8) is 0 Å². The maximum atomic E-state index is 12.5. The fourth-order valence-electron chi connectivity index (χ4n) is 2.68. The molecule has 1 aliphatic rings. The molecule has 2 aromatic carbocycles. The zero-order valence-electron chi connectivity index (χ0n) is 11.3. The average molecular weight is 286 g/mol. The van der Waals surface area contributed by atoms with Crippen molar-refractivity contribution in [2.24, 2.45) is 0 Å². The van der Waals surface area contributed by atoms with Crippen LogP contribution in [0.1, 0.15) is 28.4 Å². The van der Waals surface area contributed by atoms with E-state index >= 15 is 0 Å². The molecule has 20 heavy (non-hydrogen) atoms. The summed E-state index contributed by atoms with van der Waals surface area (Å²) < 4.78 is 0. The Morgan fingerprint density at radius 2 is 1.75 bits per heavy atom. The summed E-state index contributed by atoms with van der Waals surface area (Å²) in [5.74, 6) is 0.125. The van der Waals surface area contributed by atoms with E-state index in [-0.39, 0.29) is 11.8 Å². The predicted octanol–water partition coefficient (Wildman–Crippen LogP) is 3.93. The van der Waals surface area contributed by atoms with E-state index in [4.69, 9.17) is 11.6 Å². The molecular weight excluding hydrogens is 270 g/mol. The summed E-state index contributed by atoms with van der Waals surface area (Å²) in [6, 6.07) is 15.4. The van der Waals surface area contributed by atoms with E-state index in [0.717, 1.165) is 13.1 Å². The van der Waals surface area contributed by atoms with Gasteiger partial charge in [-0.3, -0.25) is 9.69 Å². The van der Waals surface area contributed by atoms with Gasteiger partial charge in [0, 0.05) is 23.7 Å². The molecule has 3 rings (SSSR count). The third-order valence-corrected chi connectivity index (χ3v) is 4.14.